The summed E-state index contributed by atoms with van der Waals surface area (Å²) in [5.41, 5.74) is -0.828. The molecule has 0 aliphatic carbocycles. The lowest BCUT2D eigenvalue weighted by Gasteiger charge is -2.25. The van der Waals surface area contributed by atoms with Gasteiger partial charge in [0.25, 0.3) is 5.91 Å². The molecule has 0 aliphatic heterocycles. The Balaban J connectivity index is 2.45. The lowest BCUT2D eigenvalue weighted by Crippen LogP contribution is -2.25. The predicted molar refractivity (Wildman–Crippen MR) is 94.4 cm³/mol. The second kappa shape index (κ2) is 7.95. The van der Waals surface area contributed by atoms with Gasteiger partial charge in [0.1, 0.15) is 5.82 Å². The first-order valence-corrected chi connectivity index (χ1v) is 8.27. The molecule has 0 fully saturated rings. The van der Waals surface area contributed by atoms with Crippen LogP contribution in [0.4, 0.5) is 28.9 Å². The Hall–Kier alpha value is -2.28. The van der Waals surface area contributed by atoms with Gasteiger partial charge < -0.3 is 10.2 Å². The first kappa shape index (κ1) is 20.0. The smallest absolute Gasteiger partial charge is 0.370 e. The second-order valence-electron chi connectivity index (χ2n) is 5.48. The van der Waals surface area contributed by atoms with Gasteiger partial charge in [0.15, 0.2) is 0 Å². The van der Waals surface area contributed by atoms with Crippen LogP contribution in [0, 0.1) is 5.82 Å². The number of anilines is 2. The largest absolute Gasteiger partial charge is 0.416 e. The summed E-state index contributed by atoms with van der Waals surface area (Å²) >= 11 is 5.65. The van der Waals surface area contributed by atoms with Gasteiger partial charge in [-0.15, -0.1) is 0 Å². The average molecular weight is 389 g/mol. The highest BCUT2D eigenvalue weighted by Gasteiger charge is 2.31. The molecule has 2 aromatic carbocycles. The van der Waals surface area contributed by atoms with Crippen LogP contribution in [0.2, 0.25) is 5.02 Å². The minimum Gasteiger partial charge on any atom is -0.370 e. The maximum absolute atomic E-state index is 13.9. The van der Waals surface area contributed by atoms with E-state index in [4.69, 9.17) is 11.6 Å². The molecule has 0 saturated heterocycles. The number of rotatable bonds is 5. The van der Waals surface area contributed by atoms with E-state index in [0.29, 0.717) is 18.8 Å². The minimum absolute atomic E-state index is 0.0390. The van der Waals surface area contributed by atoms with Crippen molar-refractivity contribution in [2.75, 3.05) is 23.3 Å². The summed E-state index contributed by atoms with van der Waals surface area (Å²) in [5, 5.41) is 2.50. The van der Waals surface area contributed by atoms with Crippen molar-refractivity contribution in [2.24, 2.45) is 0 Å². The summed E-state index contributed by atoms with van der Waals surface area (Å²) in [7, 11) is 0. The summed E-state index contributed by atoms with van der Waals surface area (Å²) in [4.78, 5) is 14.2. The van der Waals surface area contributed by atoms with E-state index in [9.17, 15) is 22.4 Å². The van der Waals surface area contributed by atoms with Gasteiger partial charge in [-0.1, -0.05) is 11.6 Å². The Kier molecular flexibility index (Phi) is 6.13. The monoisotopic (exact) mass is 388 g/mol. The third-order valence-corrected chi connectivity index (χ3v) is 4.09. The number of hydrogen-bond acceptors (Lipinski definition) is 2. The molecule has 1 N–H and O–H groups in total. The molecule has 8 heteroatoms. The van der Waals surface area contributed by atoms with Crippen LogP contribution < -0.4 is 10.2 Å². The van der Waals surface area contributed by atoms with Gasteiger partial charge in [-0.05, 0) is 50.2 Å². The van der Waals surface area contributed by atoms with Gasteiger partial charge in [0, 0.05) is 18.1 Å². The molecule has 0 aromatic heterocycles. The Morgan fingerprint density at radius 3 is 2.31 bits per heavy atom. The molecule has 140 valence electrons. The fourth-order valence-electron chi connectivity index (χ4n) is 2.52. The summed E-state index contributed by atoms with van der Waals surface area (Å²) in [5.74, 6) is -1.71. The highest BCUT2D eigenvalue weighted by atomic mass is 35.5. The first-order valence-electron chi connectivity index (χ1n) is 7.90. The van der Waals surface area contributed by atoms with Crippen LogP contribution in [0.5, 0.6) is 0 Å². The number of benzene rings is 2. The van der Waals surface area contributed by atoms with Gasteiger partial charge in [-0.3, -0.25) is 4.79 Å². The molecule has 0 aliphatic rings. The van der Waals surface area contributed by atoms with E-state index in [-0.39, 0.29) is 16.3 Å². The van der Waals surface area contributed by atoms with Crippen LogP contribution >= 0.6 is 11.6 Å². The Bertz CT molecular complexity index is 804. The van der Waals surface area contributed by atoms with E-state index < -0.39 is 23.5 Å². The number of hydrogen-bond donors (Lipinski definition) is 1. The third kappa shape index (κ3) is 4.46. The van der Waals surface area contributed by atoms with Crippen LogP contribution in [0.25, 0.3) is 0 Å². The molecule has 0 saturated carbocycles. The number of carbonyl (C=O) groups excluding carboxylic acids is 1. The topological polar surface area (TPSA) is 32.3 Å². The summed E-state index contributed by atoms with van der Waals surface area (Å²) in [6, 6.07) is 6.57. The quantitative estimate of drug-likeness (QED) is 0.676. The SMILES string of the molecule is CCN(CC)c1ccc(C(F)(F)F)cc1NC(=O)c1ccc(Cl)cc1F. The van der Waals surface area contributed by atoms with E-state index in [2.05, 4.69) is 5.32 Å². The summed E-state index contributed by atoms with van der Waals surface area (Å²) in [6.45, 7) is 4.73. The molecule has 0 unspecified atom stereocenters. The maximum Gasteiger partial charge on any atom is 0.416 e. The van der Waals surface area contributed by atoms with Gasteiger partial charge in [-0.25, -0.2) is 4.39 Å². The zero-order valence-corrected chi connectivity index (χ0v) is 14.9. The zero-order chi connectivity index (χ0) is 19.5. The van der Waals surface area contributed by atoms with E-state index in [1.165, 1.54) is 18.2 Å². The molecule has 3 nitrogen and oxygen atoms in total. The normalized spacial score (nSPS) is 11.3. The number of nitrogens with one attached hydrogen (secondary N) is 1. The van der Waals surface area contributed by atoms with E-state index >= 15 is 0 Å². The lowest BCUT2D eigenvalue weighted by molar-refractivity contribution is -0.137. The highest BCUT2D eigenvalue weighted by molar-refractivity contribution is 6.30. The molecule has 0 bridgehead atoms. The minimum atomic E-state index is -4.56. The molecule has 0 heterocycles. The summed E-state index contributed by atoms with van der Waals surface area (Å²) in [6.07, 6.45) is -4.56. The molecule has 1 amide bonds. The van der Waals surface area contributed by atoms with Crippen molar-refractivity contribution in [3.63, 3.8) is 0 Å². The van der Waals surface area contributed by atoms with Crippen molar-refractivity contribution >= 4 is 28.9 Å². The Morgan fingerprint density at radius 2 is 1.77 bits per heavy atom. The molecule has 2 aromatic rings. The van der Waals surface area contributed by atoms with E-state index in [0.717, 1.165) is 18.2 Å². The molecule has 26 heavy (non-hydrogen) atoms. The van der Waals surface area contributed by atoms with E-state index in [1.54, 1.807) is 4.90 Å². The van der Waals surface area contributed by atoms with Crippen LogP contribution in [0.1, 0.15) is 29.8 Å². The zero-order valence-electron chi connectivity index (χ0n) is 14.1. The number of carbonyl (C=O) groups is 1. The van der Waals surface area contributed by atoms with E-state index in [1.807, 2.05) is 13.8 Å². The van der Waals surface area contributed by atoms with Crippen molar-refractivity contribution in [3.8, 4) is 0 Å². The molecule has 2 rings (SSSR count). The summed E-state index contributed by atoms with van der Waals surface area (Å²) < 4.78 is 53.0. The van der Waals surface area contributed by atoms with Gasteiger partial charge in [-0.2, -0.15) is 13.2 Å². The molecule has 0 spiro atoms. The van der Waals surface area contributed by atoms with Crippen molar-refractivity contribution in [1.29, 1.82) is 0 Å². The first-order chi connectivity index (χ1) is 12.2. The van der Waals surface area contributed by atoms with Crippen LogP contribution in [-0.2, 0) is 6.18 Å². The lowest BCUT2D eigenvalue weighted by atomic mass is 10.1. The fraction of sp³-hybridized carbons (Fsp3) is 0.278. The molecular weight excluding hydrogens is 372 g/mol. The maximum atomic E-state index is 13.9. The number of halogens is 5. The third-order valence-electron chi connectivity index (χ3n) is 3.85. The molecular formula is C18H17ClF4N2O. The highest BCUT2D eigenvalue weighted by Crippen LogP contribution is 2.35. The van der Waals surface area contributed by atoms with Gasteiger partial charge >= 0.3 is 6.18 Å². The molecule has 0 atom stereocenters. The number of amides is 1. The number of nitrogens with zero attached hydrogens (tertiary/aromatic N) is 1. The standard InChI is InChI=1S/C18H17ClF4N2O/c1-3-25(4-2)16-8-5-11(18(21,22)23)9-15(16)24-17(26)13-7-6-12(19)10-14(13)20/h5-10H,3-4H2,1-2H3,(H,24,26). The average Bonchev–Trinajstić information content (AvgIpc) is 2.56. The van der Waals surface area contributed by atoms with Crippen LogP contribution in [0.15, 0.2) is 36.4 Å². The molecule has 0 radical (unpaired) electrons. The Morgan fingerprint density at radius 1 is 1.12 bits per heavy atom. The van der Waals surface area contributed by atoms with Gasteiger partial charge in [0.2, 0.25) is 0 Å². The van der Waals surface area contributed by atoms with Crippen molar-refractivity contribution < 1.29 is 22.4 Å². The predicted octanol–water partition coefficient (Wildman–Crippen LogP) is 5.60. The van der Waals surface area contributed by atoms with Crippen LogP contribution in [0.3, 0.4) is 0 Å². The second-order valence-corrected chi connectivity index (χ2v) is 5.92. The number of alkyl halides is 3. The van der Waals surface area contributed by atoms with Crippen molar-refractivity contribution in [2.45, 2.75) is 20.0 Å². The van der Waals surface area contributed by atoms with Crippen molar-refractivity contribution in [1.82, 2.24) is 0 Å². The van der Waals surface area contributed by atoms with Gasteiger partial charge in [0.05, 0.1) is 22.5 Å². The van der Waals surface area contributed by atoms with Crippen LogP contribution in [-0.4, -0.2) is 19.0 Å². The van der Waals surface area contributed by atoms with Crippen molar-refractivity contribution in [3.05, 3.63) is 58.4 Å². The fourth-order valence-corrected chi connectivity index (χ4v) is 2.67. The Labute approximate surface area is 153 Å².